The molecule has 0 radical (unpaired) electrons. The summed E-state index contributed by atoms with van der Waals surface area (Å²) < 4.78 is 5.38. The molecule has 0 bridgehead atoms. The lowest BCUT2D eigenvalue weighted by atomic mass is 10.0. The van der Waals surface area contributed by atoms with Gasteiger partial charge in [-0.2, -0.15) is 0 Å². The van der Waals surface area contributed by atoms with E-state index in [1.165, 1.54) is 0 Å². The van der Waals surface area contributed by atoms with Crippen LogP contribution in [0.4, 0.5) is 5.82 Å². The largest absolute Gasteiger partial charge is 0.378 e. The smallest absolute Gasteiger partial charge is 0.251 e. The topological polar surface area (TPSA) is 83.6 Å². The number of nitrogens with one attached hydrogen (secondary N) is 2. The number of benzene rings is 1. The van der Waals surface area contributed by atoms with Crippen LogP contribution in [-0.4, -0.2) is 49.1 Å². The number of hydrogen-bond acceptors (Lipinski definition) is 5. The lowest BCUT2D eigenvalue weighted by molar-refractivity contribution is -0.124. The Labute approximate surface area is 181 Å². The number of nitrogens with zero attached hydrogens (tertiary/aromatic N) is 2. The Hall–Kier alpha value is -2.64. The number of hydrogen-bond donors (Lipinski definition) is 2. The maximum Gasteiger partial charge on any atom is 0.251 e. The van der Waals surface area contributed by atoms with Crippen LogP contribution in [0.1, 0.15) is 29.8 Å². The van der Waals surface area contributed by atoms with Crippen LogP contribution in [0.5, 0.6) is 0 Å². The van der Waals surface area contributed by atoms with Crippen LogP contribution in [-0.2, 0) is 16.1 Å². The van der Waals surface area contributed by atoms with Crippen LogP contribution in [0.2, 0.25) is 5.02 Å². The normalized spacial score (nSPS) is 15.0. The molecule has 160 valence electrons. The van der Waals surface area contributed by atoms with Gasteiger partial charge in [0, 0.05) is 36.4 Å². The standard InChI is InChI=1S/C22H27ClN4O3/c1-15(2)20(26-21(28)17-3-5-18(23)6-4-17)22(29)25-14-16-7-8-24-19(13-16)27-9-11-30-12-10-27/h3-8,13,15,20H,9-12,14H2,1-2H3,(H,25,29)(H,26,28)/t20-/m1/s1. The molecule has 0 unspecified atom stereocenters. The highest BCUT2D eigenvalue weighted by atomic mass is 35.5. The molecule has 1 atom stereocenters. The quantitative estimate of drug-likeness (QED) is 0.705. The lowest BCUT2D eigenvalue weighted by Crippen LogP contribution is -2.49. The van der Waals surface area contributed by atoms with Gasteiger partial charge in [0.05, 0.1) is 13.2 Å². The number of carbonyl (C=O) groups excluding carboxylic acids is 2. The van der Waals surface area contributed by atoms with E-state index in [-0.39, 0.29) is 17.7 Å². The molecule has 1 saturated heterocycles. The fourth-order valence-electron chi connectivity index (χ4n) is 3.20. The molecule has 1 aliphatic rings. The minimum absolute atomic E-state index is 0.0670. The highest BCUT2D eigenvalue weighted by Crippen LogP contribution is 2.15. The molecule has 1 fully saturated rings. The summed E-state index contributed by atoms with van der Waals surface area (Å²) in [6.45, 7) is 7.13. The van der Waals surface area contributed by atoms with Crippen LogP contribution < -0.4 is 15.5 Å². The molecular formula is C22H27ClN4O3. The molecule has 2 amide bonds. The Kier molecular flexibility index (Phi) is 7.65. The van der Waals surface area contributed by atoms with Crippen LogP contribution in [0.3, 0.4) is 0 Å². The third kappa shape index (κ3) is 5.93. The highest BCUT2D eigenvalue weighted by Gasteiger charge is 2.24. The van der Waals surface area contributed by atoms with E-state index in [4.69, 9.17) is 16.3 Å². The second kappa shape index (κ2) is 10.4. The molecule has 2 heterocycles. The van der Waals surface area contributed by atoms with Gasteiger partial charge in [0.25, 0.3) is 5.91 Å². The van der Waals surface area contributed by atoms with E-state index in [0.717, 1.165) is 24.5 Å². The summed E-state index contributed by atoms with van der Waals surface area (Å²) in [5, 5.41) is 6.31. The van der Waals surface area contributed by atoms with E-state index in [0.29, 0.717) is 30.3 Å². The summed E-state index contributed by atoms with van der Waals surface area (Å²) in [5.41, 5.74) is 1.41. The summed E-state index contributed by atoms with van der Waals surface area (Å²) in [5.74, 6) is 0.278. The van der Waals surface area contributed by atoms with Crippen LogP contribution in [0.15, 0.2) is 42.6 Å². The van der Waals surface area contributed by atoms with Crippen LogP contribution in [0, 0.1) is 5.92 Å². The van der Waals surface area contributed by atoms with Crippen LogP contribution in [0.25, 0.3) is 0 Å². The van der Waals surface area contributed by atoms with E-state index >= 15 is 0 Å². The van der Waals surface area contributed by atoms with Crippen molar-refractivity contribution in [2.24, 2.45) is 5.92 Å². The van der Waals surface area contributed by atoms with Crippen molar-refractivity contribution in [1.82, 2.24) is 15.6 Å². The second-order valence-electron chi connectivity index (χ2n) is 7.54. The number of carbonyl (C=O) groups is 2. The summed E-state index contributed by atoms with van der Waals surface area (Å²) >= 11 is 5.87. The number of ether oxygens (including phenoxy) is 1. The monoisotopic (exact) mass is 430 g/mol. The molecule has 7 nitrogen and oxygen atoms in total. The van der Waals surface area contributed by atoms with E-state index in [1.54, 1.807) is 30.5 Å². The number of anilines is 1. The number of halogens is 1. The number of pyridine rings is 1. The summed E-state index contributed by atoms with van der Waals surface area (Å²) in [6.07, 6.45) is 1.74. The third-order valence-electron chi connectivity index (χ3n) is 4.95. The first kappa shape index (κ1) is 22.1. The van der Waals surface area contributed by atoms with E-state index in [9.17, 15) is 9.59 Å². The van der Waals surface area contributed by atoms with Gasteiger partial charge in [0.15, 0.2) is 0 Å². The Bertz CT molecular complexity index is 867. The van der Waals surface area contributed by atoms with Gasteiger partial charge in [-0.3, -0.25) is 9.59 Å². The maximum absolute atomic E-state index is 12.8. The maximum atomic E-state index is 12.8. The summed E-state index contributed by atoms with van der Waals surface area (Å²) in [6, 6.07) is 9.78. The average Bonchev–Trinajstić information content (AvgIpc) is 2.76. The fraction of sp³-hybridized carbons (Fsp3) is 0.409. The van der Waals surface area contributed by atoms with Crippen molar-refractivity contribution in [2.75, 3.05) is 31.2 Å². The molecule has 1 aromatic heterocycles. The predicted molar refractivity (Wildman–Crippen MR) is 117 cm³/mol. The molecule has 30 heavy (non-hydrogen) atoms. The molecule has 2 aromatic rings. The molecule has 0 spiro atoms. The summed E-state index contributed by atoms with van der Waals surface area (Å²) in [7, 11) is 0. The van der Waals surface area contributed by atoms with Gasteiger partial charge in [-0.05, 0) is 47.9 Å². The minimum Gasteiger partial charge on any atom is -0.378 e. The first-order chi connectivity index (χ1) is 14.4. The molecule has 1 aliphatic heterocycles. The Morgan fingerprint density at radius 2 is 1.87 bits per heavy atom. The predicted octanol–water partition coefficient (Wildman–Crippen LogP) is 2.64. The van der Waals surface area contributed by atoms with Crippen molar-refractivity contribution in [3.05, 3.63) is 58.7 Å². The highest BCUT2D eigenvalue weighted by molar-refractivity contribution is 6.30. The van der Waals surface area contributed by atoms with Gasteiger partial charge in [0.1, 0.15) is 11.9 Å². The molecule has 0 aliphatic carbocycles. The van der Waals surface area contributed by atoms with Crippen molar-refractivity contribution < 1.29 is 14.3 Å². The zero-order valence-electron chi connectivity index (χ0n) is 17.2. The zero-order valence-corrected chi connectivity index (χ0v) is 18.0. The molecule has 0 saturated carbocycles. The van der Waals surface area contributed by atoms with Gasteiger partial charge in [-0.15, -0.1) is 0 Å². The zero-order chi connectivity index (χ0) is 21.5. The van der Waals surface area contributed by atoms with Crippen LogP contribution >= 0.6 is 11.6 Å². The molecular weight excluding hydrogens is 404 g/mol. The van der Waals surface area contributed by atoms with Gasteiger partial charge in [-0.25, -0.2) is 4.98 Å². The SMILES string of the molecule is CC(C)[C@@H](NC(=O)c1ccc(Cl)cc1)C(=O)NCc1ccnc(N2CCOCC2)c1. The fourth-order valence-corrected chi connectivity index (χ4v) is 3.32. The van der Waals surface area contributed by atoms with Crippen molar-refractivity contribution in [3.8, 4) is 0 Å². The van der Waals surface area contributed by atoms with Crippen molar-refractivity contribution >= 4 is 29.2 Å². The molecule has 8 heteroatoms. The molecule has 3 rings (SSSR count). The molecule has 1 aromatic carbocycles. The average molecular weight is 431 g/mol. The van der Waals surface area contributed by atoms with Gasteiger partial charge in [0.2, 0.25) is 5.91 Å². The van der Waals surface area contributed by atoms with Crippen molar-refractivity contribution in [3.63, 3.8) is 0 Å². The lowest BCUT2D eigenvalue weighted by Gasteiger charge is -2.28. The Morgan fingerprint density at radius 1 is 1.17 bits per heavy atom. The minimum atomic E-state index is -0.645. The van der Waals surface area contributed by atoms with Gasteiger partial charge < -0.3 is 20.3 Å². The third-order valence-corrected chi connectivity index (χ3v) is 5.21. The number of rotatable bonds is 7. The molecule has 2 N–H and O–H groups in total. The second-order valence-corrected chi connectivity index (χ2v) is 7.98. The Balaban J connectivity index is 1.60. The van der Waals surface area contributed by atoms with Crippen molar-refractivity contribution in [2.45, 2.75) is 26.4 Å². The number of aromatic nitrogens is 1. The Morgan fingerprint density at radius 3 is 2.53 bits per heavy atom. The summed E-state index contributed by atoms with van der Waals surface area (Å²) in [4.78, 5) is 31.9. The van der Waals surface area contributed by atoms with Gasteiger partial charge >= 0.3 is 0 Å². The first-order valence-corrected chi connectivity index (χ1v) is 10.4. The van der Waals surface area contributed by atoms with E-state index in [1.807, 2.05) is 26.0 Å². The van der Waals surface area contributed by atoms with Crippen molar-refractivity contribution in [1.29, 1.82) is 0 Å². The number of amides is 2. The van der Waals surface area contributed by atoms with E-state index < -0.39 is 6.04 Å². The van der Waals surface area contributed by atoms with Gasteiger partial charge in [-0.1, -0.05) is 25.4 Å². The van der Waals surface area contributed by atoms with E-state index in [2.05, 4.69) is 20.5 Å². The number of morpholine rings is 1. The first-order valence-electron chi connectivity index (χ1n) is 10.1.